The molecule has 0 aromatic carbocycles. The lowest BCUT2D eigenvalue weighted by Gasteiger charge is -2.32. The molecule has 1 fully saturated rings. The molecule has 1 aromatic rings. The van der Waals surface area contributed by atoms with Crippen molar-refractivity contribution in [3.63, 3.8) is 0 Å². The van der Waals surface area contributed by atoms with Crippen molar-refractivity contribution in [1.29, 1.82) is 0 Å². The molecule has 0 amide bonds. The minimum absolute atomic E-state index is 0. The monoisotopic (exact) mass is 487 g/mol. The highest BCUT2D eigenvalue weighted by Gasteiger charge is 2.22. The number of aromatic nitrogens is 1. The van der Waals surface area contributed by atoms with Gasteiger partial charge in [-0.25, -0.2) is 0 Å². The molecule has 0 spiro atoms. The summed E-state index contributed by atoms with van der Waals surface area (Å²) >= 11 is 0. The standard InChI is InChI=1S/C21H37N5.HI/c1-4-23-21(24-13-11-19-10-9-12-22-16-19)25-17-20(18(2)3)26-14-7-5-6-8-15-26;/h9-10,12,16,18,20H,4-8,11,13-15,17H2,1-3H3,(H2,23,24,25);1H. The topological polar surface area (TPSA) is 52.6 Å². The summed E-state index contributed by atoms with van der Waals surface area (Å²) in [4.78, 5) is 11.8. The van der Waals surface area contributed by atoms with Crippen LogP contribution in [0.1, 0.15) is 52.0 Å². The van der Waals surface area contributed by atoms with Crippen LogP contribution in [-0.2, 0) is 6.42 Å². The molecular weight excluding hydrogens is 449 g/mol. The van der Waals surface area contributed by atoms with Gasteiger partial charge < -0.3 is 10.6 Å². The van der Waals surface area contributed by atoms with E-state index in [1.54, 1.807) is 0 Å². The molecule has 5 nitrogen and oxygen atoms in total. The Morgan fingerprint density at radius 2 is 1.93 bits per heavy atom. The van der Waals surface area contributed by atoms with Crippen LogP contribution < -0.4 is 10.6 Å². The number of rotatable bonds is 8. The molecule has 1 aliphatic heterocycles. The van der Waals surface area contributed by atoms with Crippen LogP contribution >= 0.6 is 24.0 Å². The molecule has 6 heteroatoms. The van der Waals surface area contributed by atoms with Crippen LogP contribution in [0.3, 0.4) is 0 Å². The maximum absolute atomic E-state index is 4.91. The van der Waals surface area contributed by atoms with Gasteiger partial charge in [0.25, 0.3) is 0 Å². The van der Waals surface area contributed by atoms with Crippen LogP contribution in [0, 0.1) is 5.92 Å². The Bertz CT molecular complexity index is 513. The van der Waals surface area contributed by atoms with Gasteiger partial charge in [-0.1, -0.05) is 32.8 Å². The molecule has 1 unspecified atom stereocenters. The first-order valence-corrected chi connectivity index (χ1v) is 10.4. The number of hydrogen-bond donors (Lipinski definition) is 2. The highest BCUT2D eigenvalue weighted by molar-refractivity contribution is 14.0. The Hall–Kier alpha value is -0.890. The van der Waals surface area contributed by atoms with Crippen molar-refractivity contribution in [2.24, 2.45) is 10.9 Å². The fraction of sp³-hybridized carbons (Fsp3) is 0.714. The highest BCUT2D eigenvalue weighted by atomic mass is 127. The lowest BCUT2D eigenvalue weighted by molar-refractivity contribution is 0.166. The SMILES string of the molecule is CCNC(=NCC(C(C)C)N1CCCCCC1)NCCc1cccnc1.I. The van der Waals surface area contributed by atoms with Crippen LogP contribution in [0.4, 0.5) is 0 Å². The third-order valence-corrected chi connectivity index (χ3v) is 5.09. The van der Waals surface area contributed by atoms with Crippen LogP contribution in [0.15, 0.2) is 29.5 Å². The lowest BCUT2D eigenvalue weighted by atomic mass is 10.0. The van der Waals surface area contributed by atoms with E-state index in [9.17, 15) is 0 Å². The summed E-state index contributed by atoms with van der Waals surface area (Å²) in [6, 6.07) is 4.64. The van der Waals surface area contributed by atoms with E-state index >= 15 is 0 Å². The van der Waals surface area contributed by atoms with Gasteiger partial charge in [-0.3, -0.25) is 14.9 Å². The average molecular weight is 487 g/mol. The quantitative estimate of drug-likeness (QED) is 0.334. The van der Waals surface area contributed by atoms with Gasteiger partial charge in [0, 0.05) is 31.5 Å². The molecule has 0 saturated carbocycles. The van der Waals surface area contributed by atoms with Gasteiger partial charge in [-0.05, 0) is 56.8 Å². The first kappa shape index (κ1) is 24.1. The number of nitrogens with one attached hydrogen (secondary N) is 2. The number of halogens is 1. The van der Waals surface area contributed by atoms with Gasteiger partial charge in [0.1, 0.15) is 0 Å². The predicted octanol–water partition coefficient (Wildman–Crippen LogP) is 3.70. The Morgan fingerprint density at radius 1 is 1.19 bits per heavy atom. The molecular formula is C21H38IN5. The Morgan fingerprint density at radius 3 is 2.52 bits per heavy atom. The zero-order valence-corrected chi connectivity index (χ0v) is 19.6. The molecule has 1 aliphatic rings. The molecule has 1 aromatic heterocycles. The molecule has 2 rings (SSSR count). The summed E-state index contributed by atoms with van der Waals surface area (Å²) in [7, 11) is 0. The van der Waals surface area contributed by atoms with Crippen molar-refractivity contribution >= 4 is 29.9 Å². The van der Waals surface area contributed by atoms with E-state index in [-0.39, 0.29) is 24.0 Å². The van der Waals surface area contributed by atoms with Crippen LogP contribution in [0.5, 0.6) is 0 Å². The largest absolute Gasteiger partial charge is 0.357 e. The summed E-state index contributed by atoms with van der Waals surface area (Å²) in [6.45, 7) is 11.8. The molecule has 0 radical (unpaired) electrons. The number of nitrogens with zero attached hydrogens (tertiary/aromatic N) is 3. The van der Waals surface area contributed by atoms with Gasteiger partial charge in [-0.2, -0.15) is 0 Å². The number of aliphatic imine (C=N–C) groups is 1. The maximum Gasteiger partial charge on any atom is 0.191 e. The minimum Gasteiger partial charge on any atom is -0.357 e. The molecule has 0 aliphatic carbocycles. The van der Waals surface area contributed by atoms with Crippen molar-refractivity contribution < 1.29 is 0 Å². The van der Waals surface area contributed by atoms with Crippen LogP contribution in [0.2, 0.25) is 0 Å². The second-order valence-corrected chi connectivity index (χ2v) is 7.52. The van der Waals surface area contributed by atoms with Gasteiger partial charge in [0.15, 0.2) is 5.96 Å². The third-order valence-electron chi connectivity index (χ3n) is 5.09. The maximum atomic E-state index is 4.91. The first-order chi connectivity index (χ1) is 12.7. The van der Waals surface area contributed by atoms with Gasteiger partial charge in [-0.15, -0.1) is 24.0 Å². The summed E-state index contributed by atoms with van der Waals surface area (Å²) in [5.74, 6) is 1.55. The van der Waals surface area contributed by atoms with Gasteiger partial charge in [0.2, 0.25) is 0 Å². The zero-order chi connectivity index (χ0) is 18.6. The number of guanidine groups is 1. The summed E-state index contributed by atoms with van der Waals surface area (Å²) in [6.07, 6.45) is 10.1. The lowest BCUT2D eigenvalue weighted by Crippen LogP contribution is -2.44. The fourth-order valence-electron chi connectivity index (χ4n) is 3.57. The Kier molecular flexibility index (Phi) is 12.7. The second-order valence-electron chi connectivity index (χ2n) is 7.52. The normalized spacial score (nSPS) is 17.1. The molecule has 2 N–H and O–H groups in total. The van der Waals surface area contributed by atoms with E-state index < -0.39 is 0 Å². The van der Waals surface area contributed by atoms with E-state index in [4.69, 9.17) is 4.99 Å². The molecule has 154 valence electrons. The minimum atomic E-state index is 0. The van der Waals surface area contributed by atoms with E-state index in [1.807, 2.05) is 18.5 Å². The van der Waals surface area contributed by atoms with Crippen molar-refractivity contribution in [3.05, 3.63) is 30.1 Å². The third kappa shape index (κ3) is 9.23. The molecule has 1 saturated heterocycles. The fourth-order valence-corrected chi connectivity index (χ4v) is 3.57. The van der Waals surface area contributed by atoms with Crippen LogP contribution in [-0.4, -0.2) is 54.6 Å². The second kappa shape index (κ2) is 14.2. The van der Waals surface area contributed by atoms with E-state index in [1.165, 1.54) is 44.3 Å². The highest BCUT2D eigenvalue weighted by Crippen LogP contribution is 2.17. The van der Waals surface area contributed by atoms with E-state index in [0.717, 1.165) is 32.0 Å². The molecule has 0 bridgehead atoms. The summed E-state index contributed by atoms with van der Waals surface area (Å²) in [5, 5.41) is 6.85. The van der Waals surface area contributed by atoms with E-state index in [0.29, 0.717) is 12.0 Å². The predicted molar refractivity (Wildman–Crippen MR) is 126 cm³/mol. The average Bonchev–Trinajstić information content (AvgIpc) is 2.92. The van der Waals surface area contributed by atoms with Crippen molar-refractivity contribution in [3.8, 4) is 0 Å². The number of hydrogen-bond acceptors (Lipinski definition) is 3. The summed E-state index contributed by atoms with van der Waals surface area (Å²) in [5.41, 5.74) is 1.25. The molecule has 1 atom stereocenters. The van der Waals surface area contributed by atoms with Gasteiger partial charge >= 0.3 is 0 Å². The number of likely N-dealkylation sites (tertiary alicyclic amines) is 1. The van der Waals surface area contributed by atoms with Crippen molar-refractivity contribution in [2.75, 3.05) is 32.7 Å². The van der Waals surface area contributed by atoms with Gasteiger partial charge in [0.05, 0.1) is 6.54 Å². The Labute approximate surface area is 182 Å². The molecule has 2 heterocycles. The Balaban J connectivity index is 0.00000364. The number of pyridine rings is 1. The van der Waals surface area contributed by atoms with Crippen molar-refractivity contribution in [1.82, 2.24) is 20.5 Å². The smallest absolute Gasteiger partial charge is 0.191 e. The van der Waals surface area contributed by atoms with E-state index in [2.05, 4.69) is 47.4 Å². The van der Waals surface area contributed by atoms with Crippen molar-refractivity contribution in [2.45, 2.75) is 58.9 Å². The molecule has 27 heavy (non-hydrogen) atoms. The first-order valence-electron chi connectivity index (χ1n) is 10.4. The van der Waals surface area contributed by atoms with Crippen LogP contribution in [0.25, 0.3) is 0 Å². The summed E-state index contributed by atoms with van der Waals surface area (Å²) < 4.78 is 0. The zero-order valence-electron chi connectivity index (χ0n) is 17.3.